The normalized spacial score (nSPS) is 9.07. The van der Waals surface area contributed by atoms with Crippen LogP contribution < -0.4 is 5.73 Å². The maximum atomic E-state index is 5.40. The van der Waals surface area contributed by atoms with Gasteiger partial charge in [-0.2, -0.15) is 0 Å². The van der Waals surface area contributed by atoms with Crippen molar-refractivity contribution < 1.29 is 0 Å². The molecule has 84 valence electrons. The molecule has 4 nitrogen and oxygen atoms in total. The predicted octanol–water partition coefficient (Wildman–Crippen LogP) is 1.81. The Kier molecular flexibility index (Phi) is 10.5. The minimum absolute atomic E-state index is 0. The van der Waals surface area contributed by atoms with Crippen LogP contribution in [-0.2, 0) is 6.54 Å². The second kappa shape index (κ2) is 8.70. The van der Waals surface area contributed by atoms with Crippen molar-refractivity contribution in [1.82, 2.24) is 14.8 Å². The number of nitrogens with zero attached hydrogens (tertiary/aromatic N) is 3. The monoisotopic (exact) mass is 346 g/mol. The van der Waals surface area contributed by atoms with Crippen molar-refractivity contribution in [3.8, 4) is 0 Å². The number of rotatable bonds is 4. The Labute approximate surface area is 110 Å². The second-order valence-corrected chi connectivity index (χ2v) is 3.47. The van der Waals surface area contributed by atoms with Crippen molar-refractivity contribution in [2.45, 2.75) is 25.5 Å². The molecule has 0 fully saturated rings. The van der Waals surface area contributed by atoms with E-state index in [2.05, 4.69) is 21.7 Å². The Balaban J connectivity index is 0. The fraction of sp³-hybridized carbons (Fsp3) is 0.714. The molecule has 0 atom stereocenters. The number of halogens is 2. The zero-order valence-corrected chi connectivity index (χ0v) is 12.5. The Morgan fingerprint density at radius 3 is 2.50 bits per heavy atom. The van der Waals surface area contributed by atoms with Crippen molar-refractivity contribution in [1.29, 1.82) is 0 Å². The Bertz CT molecular complexity index is 254. The summed E-state index contributed by atoms with van der Waals surface area (Å²) in [6.07, 6.45) is 0. The van der Waals surface area contributed by atoms with Crippen LogP contribution in [0.5, 0.6) is 0 Å². The molecule has 0 amide bonds. The topological polar surface area (TPSA) is 56.7 Å². The number of thioether (sulfide) groups is 1. The largest absolute Gasteiger partial charge is 0.330 e. The van der Waals surface area contributed by atoms with Crippen LogP contribution in [-0.4, -0.2) is 27.1 Å². The highest BCUT2D eigenvalue weighted by molar-refractivity contribution is 8.93. The molecule has 0 aliphatic rings. The fourth-order valence-electron chi connectivity index (χ4n) is 0.983. The standard InChI is InChI=1S/C7H14N4S.2BrH/c1-3-11-6(2)9-10-7(11)12-5-4-8;;/h3-5,8H2,1-2H3;2*1H. The van der Waals surface area contributed by atoms with Gasteiger partial charge in [0, 0.05) is 18.8 Å². The van der Waals surface area contributed by atoms with E-state index < -0.39 is 0 Å². The van der Waals surface area contributed by atoms with E-state index in [-0.39, 0.29) is 34.0 Å². The fourth-order valence-corrected chi connectivity index (χ4v) is 1.80. The van der Waals surface area contributed by atoms with E-state index in [1.54, 1.807) is 11.8 Å². The molecule has 0 spiro atoms. The second-order valence-electron chi connectivity index (χ2n) is 2.41. The number of nitrogens with two attached hydrogens (primary N) is 1. The van der Waals surface area contributed by atoms with Crippen LogP contribution in [0.25, 0.3) is 0 Å². The van der Waals surface area contributed by atoms with Crippen molar-refractivity contribution >= 4 is 45.7 Å². The molecule has 0 aliphatic carbocycles. The molecule has 1 aromatic heterocycles. The van der Waals surface area contributed by atoms with Crippen molar-refractivity contribution in [3.63, 3.8) is 0 Å². The average Bonchev–Trinajstić information content (AvgIpc) is 2.43. The SMILES string of the molecule is Br.Br.CCn1c(C)nnc1SCCN. The minimum atomic E-state index is 0. The third-order valence-corrected chi connectivity index (χ3v) is 2.57. The van der Waals surface area contributed by atoms with Crippen LogP contribution in [0.1, 0.15) is 12.7 Å². The first-order valence-corrected chi connectivity index (χ1v) is 5.00. The molecular weight excluding hydrogens is 332 g/mol. The third-order valence-electron chi connectivity index (χ3n) is 1.57. The highest BCUT2D eigenvalue weighted by Gasteiger charge is 2.05. The lowest BCUT2D eigenvalue weighted by atomic mass is 10.6. The maximum Gasteiger partial charge on any atom is 0.191 e. The zero-order chi connectivity index (χ0) is 8.97. The molecule has 0 unspecified atom stereocenters. The summed E-state index contributed by atoms with van der Waals surface area (Å²) in [5.74, 6) is 1.87. The van der Waals surface area contributed by atoms with Crippen LogP contribution in [0.2, 0.25) is 0 Å². The number of aryl methyl sites for hydroxylation is 1. The van der Waals surface area contributed by atoms with E-state index in [9.17, 15) is 0 Å². The highest BCUT2D eigenvalue weighted by atomic mass is 79.9. The Morgan fingerprint density at radius 2 is 2.00 bits per heavy atom. The third kappa shape index (κ3) is 4.29. The summed E-state index contributed by atoms with van der Waals surface area (Å²) in [6.45, 7) is 5.65. The van der Waals surface area contributed by atoms with Gasteiger partial charge in [-0.3, -0.25) is 0 Å². The van der Waals surface area contributed by atoms with Crippen molar-refractivity contribution in [3.05, 3.63) is 5.82 Å². The molecule has 14 heavy (non-hydrogen) atoms. The lowest BCUT2D eigenvalue weighted by Gasteiger charge is -2.02. The van der Waals surface area contributed by atoms with Gasteiger partial charge in [-0.25, -0.2) is 0 Å². The summed E-state index contributed by atoms with van der Waals surface area (Å²) >= 11 is 1.66. The molecule has 0 aliphatic heterocycles. The van der Waals surface area contributed by atoms with Crippen LogP contribution in [0.4, 0.5) is 0 Å². The van der Waals surface area contributed by atoms with Gasteiger partial charge in [0.15, 0.2) is 5.16 Å². The van der Waals surface area contributed by atoms with E-state index in [1.165, 1.54) is 0 Å². The van der Waals surface area contributed by atoms with Crippen molar-refractivity contribution in [2.75, 3.05) is 12.3 Å². The van der Waals surface area contributed by atoms with E-state index in [1.807, 2.05) is 6.92 Å². The molecular formula is C7H16Br2N4S. The zero-order valence-electron chi connectivity index (χ0n) is 8.27. The van der Waals surface area contributed by atoms with Crippen LogP contribution >= 0.6 is 45.7 Å². The van der Waals surface area contributed by atoms with Crippen molar-refractivity contribution in [2.24, 2.45) is 5.73 Å². The quantitative estimate of drug-likeness (QED) is 0.844. The Morgan fingerprint density at radius 1 is 1.36 bits per heavy atom. The first-order valence-electron chi connectivity index (χ1n) is 4.02. The van der Waals surface area contributed by atoms with Crippen LogP contribution in [0.15, 0.2) is 5.16 Å². The van der Waals surface area contributed by atoms with Gasteiger partial charge in [0.2, 0.25) is 0 Å². The summed E-state index contributed by atoms with van der Waals surface area (Å²) in [5, 5.41) is 9.01. The lowest BCUT2D eigenvalue weighted by molar-refractivity contribution is 0.662. The van der Waals surface area contributed by atoms with Gasteiger partial charge in [0.25, 0.3) is 0 Å². The summed E-state index contributed by atoms with van der Waals surface area (Å²) in [5.41, 5.74) is 5.40. The van der Waals surface area contributed by atoms with E-state index in [0.29, 0.717) is 6.54 Å². The molecule has 7 heteroatoms. The molecule has 2 N–H and O–H groups in total. The van der Waals surface area contributed by atoms with Gasteiger partial charge in [-0.1, -0.05) is 11.8 Å². The molecule has 1 aromatic rings. The smallest absolute Gasteiger partial charge is 0.191 e. The molecule has 0 aromatic carbocycles. The van der Waals surface area contributed by atoms with Crippen LogP contribution in [0.3, 0.4) is 0 Å². The van der Waals surface area contributed by atoms with Gasteiger partial charge < -0.3 is 10.3 Å². The van der Waals surface area contributed by atoms with Gasteiger partial charge in [0.05, 0.1) is 0 Å². The molecule has 1 heterocycles. The van der Waals surface area contributed by atoms with E-state index >= 15 is 0 Å². The predicted molar refractivity (Wildman–Crippen MR) is 70.9 cm³/mol. The molecule has 1 rings (SSSR count). The first kappa shape index (κ1) is 16.8. The Hall–Kier alpha value is 0.410. The summed E-state index contributed by atoms with van der Waals surface area (Å²) in [4.78, 5) is 0. The molecule has 0 radical (unpaired) electrons. The number of hydrogen-bond acceptors (Lipinski definition) is 4. The van der Waals surface area contributed by atoms with Gasteiger partial charge in [-0.15, -0.1) is 44.2 Å². The molecule has 0 saturated heterocycles. The van der Waals surface area contributed by atoms with Gasteiger partial charge in [0.1, 0.15) is 5.82 Å². The highest BCUT2D eigenvalue weighted by Crippen LogP contribution is 2.15. The van der Waals surface area contributed by atoms with E-state index in [0.717, 1.165) is 23.3 Å². The summed E-state index contributed by atoms with van der Waals surface area (Å²) < 4.78 is 2.08. The van der Waals surface area contributed by atoms with Crippen LogP contribution in [0, 0.1) is 6.92 Å². The molecule has 0 saturated carbocycles. The lowest BCUT2D eigenvalue weighted by Crippen LogP contribution is -2.04. The van der Waals surface area contributed by atoms with Gasteiger partial charge >= 0.3 is 0 Å². The first-order chi connectivity index (χ1) is 5.79. The minimum Gasteiger partial charge on any atom is -0.330 e. The average molecular weight is 348 g/mol. The summed E-state index contributed by atoms with van der Waals surface area (Å²) in [6, 6.07) is 0. The summed E-state index contributed by atoms with van der Waals surface area (Å²) in [7, 11) is 0. The number of hydrogen-bond donors (Lipinski definition) is 1. The molecule has 0 bridgehead atoms. The maximum absolute atomic E-state index is 5.40. The number of aromatic nitrogens is 3. The van der Waals surface area contributed by atoms with Gasteiger partial charge in [-0.05, 0) is 13.8 Å². The van der Waals surface area contributed by atoms with E-state index in [4.69, 9.17) is 5.73 Å².